The summed E-state index contributed by atoms with van der Waals surface area (Å²) in [6, 6.07) is 10.7. The minimum absolute atomic E-state index is 0.0806. The predicted octanol–water partition coefficient (Wildman–Crippen LogP) is 1.94. The van der Waals surface area contributed by atoms with E-state index >= 15 is 0 Å². The number of nitrogens with zero attached hydrogens (tertiary/aromatic N) is 3. The molecule has 134 valence electrons. The third-order valence-electron chi connectivity index (χ3n) is 6.11. The lowest BCUT2D eigenvalue weighted by molar-refractivity contribution is 0.00601. The highest BCUT2D eigenvalue weighted by Gasteiger charge is 2.52. The molecular weight excluding hydrogens is 312 g/mol. The second kappa shape index (κ2) is 6.90. The van der Waals surface area contributed by atoms with Crippen molar-refractivity contribution in [1.29, 1.82) is 0 Å². The topological polar surface area (TPSA) is 53.3 Å². The van der Waals surface area contributed by atoms with E-state index in [1.54, 1.807) is 0 Å². The van der Waals surface area contributed by atoms with Crippen LogP contribution in [-0.4, -0.2) is 52.6 Å². The van der Waals surface area contributed by atoms with Gasteiger partial charge in [0.05, 0.1) is 12.1 Å². The molecule has 0 radical (unpaired) electrons. The first kappa shape index (κ1) is 16.8. The highest BCUT2D eigenvalue weighted by Crippen LogP contribution is 2.51. The molecule has 0 amide bonds. The van der Waals surface area contributed by atoms with Crippen LogP contribution in [0.25, 0.3) is 0 Å². The smallest absolute Gasteiger partial charge is 0.0834 e. The van der Waals surface area contributed by atoms with Gasteiger partial charge >= 0.3 is 0 Å². The minimum atomic E-state index is -0.332. The molecule has 0 bridgehead atoms. The van der Waals surface area contributed by atoms with Crippen molar-refractivity contribution in [2.45, 2.75) is 43.4 Å². The number of piperidine rings is 1. The van der Waals surface area contributed by atoms with Crippen LogP contribution in [0.4, 0.5) is 0 Å². The van der Waals surface area contributed by atoms with Gasteiger partial charge in [0.25, 0.3) is 0 Å². The summed E-state index contributed by atoms with van der Waals surface area (Å²) in [6.07, 6.45) is 6.55. The first-order chi connectivity index (χ1) is 12.2. The third kappa shape index (κ3) is 2.90. The quantitative estimate of drug-likeness (QED) is 0.873. The van der Waals surface area contributed by atoms with Crippen LogP contribution in [0.3, 0.4) is 0 Å². The molecule has 1 aliphatic carbocycles. The molecule has 1 saturated heterocycles. The number of benzene rings is 1. The van der Waals surface area contributed by atoms with Gasteiger partial charge in [-0.25, -0.2) is 0 Å². The average molecular weight is 340 g/mol. The molecule has 1 aromatic carbocycles. The van der Waals surface area contributed by atoms with E-state index in [1.165, 1.54) is 11.1 Å². The summed E-state index contributed by atoms with van der Waals surface area (Å²) in [4.78, 5) is 2.34. The van der Waals surface area contributed by atoms with Crippen molar-refractivity contribution in [3.8, 4) is 0 Å². The molecule has 2 aromatic rings. The second-order valence-electron chi connectivity index (χ2n) is 7.49. The summed E-state index contributed by atoms with van der Waals surface area (Å²) in [7, 11) is 2.15. The Morgan fingerprint density at radius 2 is 2.08 bits per heavy atom. The number of hydrogen-bond acceptors (Lipinski definition) is 4. The highest BCUT2D eigenvalue weighted by molar-refractivity contribution is 5.45. The second-order valence-corrected chi connectivity index (χ2v) is 7.49. The number of fused-ring (bicyclic) bond motifs is 2. The number of rotatable bonds is 5. The van der Waals surface area contributed by atoms with Crippen LogP contribution in [0.2, 0.25) is 0 Å². The molecule has 0 unspecified atom stereocenters. The predicted molar refractivity (Wildman–Crippen MR) is 98.4 cm³/mol. The minimum Gasteiger partial charge on any atom is -0.390 e. The molecule has 1 aliphatic heterocycles. The number of aryl methyl sites for hydroxylation is 1. The van der Waals surface area contributed by atoms with Gasteiger partial charge in [-0.2, -0.15) is 5.10 Å². The largest absolute Gasteiger partial charge is 0.390 e. The molecule has 5 nitrogen and oxygen atoms in total. The molecule has 1 spiro atoms. The molecule has 4 rings (SSSR count). The zero-order valence-corrected chi connectivity index (χ0v) is 14.9. The molecule has 2 heterocycles. The van der Waals surface area contributed by atoms with Crippen LogP contribution in [0.15, 0.2) is 42.7 Å². The van der Waals surface area contributed by atoms with E-state index in [0.29, 0.717) is 0 Å². The number of aliphatic hydroxyl groups excluding tert-OH is 1. The van der Waals surface area contributed by atoms with Crippen LogP contribution in [0.1, 0.15) is 36.4 Å². The van der Waals surface area contributed by atoms with Gasteiger partial charge in [0, 0.05) is 30.9 Å². The number of likely N-dealkylation sites (N-methyl/N-ethyl adjacent to an activating group) is 1. The lowest BCUT2D eigenvalue weighted by Crippen LogP contribution is -2.48. The fourth-order valence-electron chi connectivity index (χ4n) is 4.81. The van der Waals surface area contributed by atoms with Gasteiger partial charge in [0.15, 0.2) is 0 Å². The fourth-order valence-corrected chi connectivity index (χ4v) is 4.81. The summed E-state index contributed by atoms with van der Waals surface area (Å²) in [5, 5.41) is 19.1. The van der Waals surface area contributed by atoms with E-state index in [0.717, 1.165) is 45.4 Å². The van der Waals surface area contributed by atoms with Gasteiger partial charge in [-0.15, -0.1) is 0 Å². The Balaban J connectivity index is 1.52. The molecular formula is C20H28N4O. The summed E-state index contributed by atoms with van der Waals surface area (Å²) < 4.78 is 1.97. The van der Waals surface area contributed by atoms with Crippen LogP contribution in [0.5, 0.6) is 0 Å². The molecule has 0 saturated carbocycles. The molecule has 1 fully saturated rings. The Bertz CT molecular complexity index is 693. The molecule has 2 N–H and O–H groups in total. The first-order valence-corrected chi connectivity index (χ1v) is 9.38. The van der Waals surface area contributed by atoms with Crippen molar-refractivity contribution >= 4 is 0 Å². The Morgan fingerprint density at radius 1 is 1.28 bits per heavy atom. The third-order valence-corrected chi connectivity index (χ3v) is 6.11. The van der Waals surface area contributed by atoms with Crippen molar-refractivity contribution in [2.75, 3.05) is 26.7 Å². The zero-order chi connectivity index (χ0) is 17.3. The molecule has 2 atom stereocenters. The van der Waals surface area contributed by atoms with Crippen molar-refractivity contribution in [3.63, 3.8) is 0 Å². The zero-order valence-electron chi connectivity index (χ0n) is 14.9. The fraction of sp³-hybridized carbons (Fsp3) is 0.550. The van der Waals surface area contributed by atoms with Gasteiger partial charge in [-0.3, -0.25) is 9.58 Å². The summed E-state index contributed by atoms with van der Waals surface area (Å²) >= 11 is 0. The number of aromatic nitrogens is 2. The molecule has 5 heteroatoms. The molecule has 25 heavy (non-hydrogen) atoms. The van der Waals surface area contributed by atoms with Crippen LogP contribution >= 0.6 is 0 Å². The van der Waals surface area contributed by atoms with Crippen molar-refractivity contribution in [1.82, 2.24) is 20.0 Å². The Hall–Kier alpha value is -1.69. The van der Waals surface area contributed by atoms with Gasteiger partial charge < -0.3 is 10.4 Å². The van der Waals surface area contributed by atoms with E-state index in [4.69, 9.17) is 0 Å². The Morgan fingerprint density at radius 3 is 2.84 bits per heavy atom. The van der Waals surface area contributed by atoms with E-state index in [1.807, 2.05) is 23.1 Å². The normalized spacial score (nSPS) is 24.8. The van der Waals surface area contributed by atoms with E-state index in [-0.39, 0.29) is 17.6 Å². The van der Waals surface area contributed by atoms with Gasteiger partial charge in [0.2, 0.25) is 0 Å². The monoisotopic (exact) mass is 340 g/mol. The summed E-state index contributed by atoms with van der Waals surface area (Å²) in [5.74, 6) is 0. The standard InChI is InChI=1S/C20H28N4O/c1-23(13-5-15-24-14-4-10-22-24)18-16-6-2-3-7-17(16)20(19(18)25)8-11-21-12-9-20/h2-4,6-7,10,14,18-19,21,25H,5,8-9,11-13,15H2,1H3/t18-,19+/m1/s1. The molecule has 2 aliphatic rings. The number of nitrogens with one attached hydrogen (secondary N) is 1. The average Bonchev–Trinajstić information content (AvgIpc) is 3.23. The van der Waals surface area contributed by atoms with Crippen molar-refractivity contribution in [3.05, 3.63) is 53.9 Å². The maximum absolute atomic E-state index is 11.4. The summed E-state index contributed by atoms with van der Waals surface area (Å²) in [5.41, 5.74) is 2.61. The Kier molecular flexibility index (Phi) is 4.63. The van der Waals surface area contributed by atoms with Gasteiger partial charge in [-0.1, -0.05) is 24.3 Å². The SMILES string of the molecule is CN(CCCn1cccn1)[C@@H]1c2ccccc2C2(CCNCC2)[C@H]1O. The molecule has 1 aromatic heterocycles. The van der Waals surface area contributed by atoms with E-state index in [2.05, 4.69) is 46.6 Å². The van der Waals surface area contributed by atoms with Crippen LogP contribution in [-0.2, 0) is 12.0 Å². The Labute approximate surface area is 149 Å². The van der Waals surface area contributed by atoms with Gasteiger partial charge in [0.1, 0.15) is 0 Å². The lowest BCUT2D eigenvalue weighted by atomic mass is 9.72. The summed E-state index contributed by atoms with van der Waals surface area (Å²) in [6.45, 7) is 3.84. The number of hydrogen-bond donors (Lipinski definition) is 2. The highest BCUT2D eigenvalue weighted by atomic mass is 16.3. The van der Waals surface area contributed by atoms with E-state index in [9.17, 15) is 5.11 Å². The lowest BCUT2D eigenvalue weighted by Gasteiger charge is -2.40. The first-order valence-electron chi connectivity index (χ1n) is 9.38. The van der Waals surface area contributed by atoms with Gasteiger partial charge in [-0.05, 0) is 56.6 Å². The van der Waals surface area contributed by atoms with Crippen LogP contribution in [0, 0.1) is 0 Å². The van der Waals surface area contributed by atoms with Crippen molar-refractivity contribution < 1.29 is 5.11 Å². The van der Waals surface area contributed by atoms with E-state index < -0.39 is 0 Å². The maximum atomic E-state index is 11.4. The van der Waals surface area contributed by atoms with Crippen LogP contribution < -0.4 is 5.32 Å². The number of aliphatic hydroxyl groups is 1. The van der Waals surface area contributed by atoms with Crippen molar-refractivity contribution in [2.24, 2.45) is 0 Å². The maximum Gasteiger partial charge on any atom is 0.0834 e.